The third kappa shape index (κ3) is 2.44. The van der Waals surface area contributed by atoms with Crippen LogP contribution in [0.25, 0.3) is 0 Å². The molecule has 4 rings (SSSR count). The van der Waals surface area contributed by atoms with Crippen LogP contribution in [0.5, 0.6) is 28.7 Å². The fourth-order valence-corrected chi connectivity index (χ4v) is 3.68. The van der Waals surface area contributed by atoms with Crippen LogP contribution >= 0.6 is 0 Å². The van der Waals surface area contributed by atoms with Crippen molar-refractivity contribution in [3.8, 4) is 28.7 Å². The van der Waals surface area contributed by atoms with Gasteiger partial charge in [0.2, 0.25) is 12.5 Å². The zero-order valence-corrected chi connectivity index (χ0v) is 14.4. The van der Waals surface area contributed by atoms with Gasteiger partial charge in [-0.15, -0.1) is 0 Å². The summed E-state index contributed by atoms with van der Waals surface area (Å²) in [5, 5.41) is 10.2. The van der Waals surface area contributed by atoms with Crippen LogP contribution < -0.4 is 18.9 Å². The highest BCUT2D eigenvalue weighted by Gasteiger charge is 2.35. The maximum Gasteiger partial charge on any atom is 0.231 e. The van der Waals surface area contributed by atoms with E-state index < -0.39 is 0 Å². The van der Waals surface area contributed by atoms with Crippen molar-refractivity contribution in [1.29, 1.82) is 0 Å². The van der Waals surface area contributed by atoms with E-state index in [9.17, 15) is 5.11 Å². The molecule has 0 saturated heterocycles. The molecule has 6 nitrogen and oxygen atoms in total. The molecular weight excluding hydrogens is 324 g/mol. The van der Waals surface area contributed by atoms with Gasteiger partial charge in [0.05, 0.1) is 20.3 Å². The number of hydrogen-bond acceptors (Lipinski definition) is 6. The SMILES string of the molecule is COc1cc([C@H]2C[C@@H](OC)c3cc4c(cc32)OCO4)cc(OC)c1O. The first-order valence-corrected chi connectivity index (χ1v) is 8.07. The van der Waals surface area contributed by atoms with Gasteiger partial charge in [-0.05, 0) is 47.4 Å². The summed E-state index contributed by atoms with van der Waals surface area (Å²) in [6.07, 6.45) is 0.756. The lowest BCUT2D eigenvalue weighted by atomic mass is 9.92. The first-order chi connectivity index (χ1) is 12.2. The van der Waals surface area contributed by atoms with Crippen molar-refractivity contribution in [2.75, 3.05) is 28.1 Å². The number of benzene rings is 2. The highest BCUT2D eigenvalue weighted by molar-refractivity contribution is 5.59. The maximum atomic E-state index is 10.2. The van der Waals surface area contributed by atoms with Crippen LogP contribution in [0, 0.1) is 0 Å². The van der Waals surface area contributed by atoms with Crippen molar-refractivity contribution in [2.24, 2.45) is 0 Å². The first kappa shape index (κ1) is 15.9. The van der Waals surface area contributed by atoms with Crippen LogP contribution in [0.1, 0.15) is 35.1 Å². The van der Waals surface area contributed by atoms with Crippen LogP contribution in [0.15, 0.2) is 24.3 Å². The van der Waals surface area contributed by atoms with Crippen molar-refractivity contribution < 1.29 is 28.8 Å². The average Bonchev–Trinajstić information content (AvgIpc) is 3.23. The third-order valence-electron chi connectivity index (χ3n) is 4.94. The normalized spacial score (nSPS) is 20.4. The lowest BCUT2D eigenvalue weighted by Gasteiger charge is -2.16. The molecule has 0 saturated carbocycles. The first-order valence-electron chi connectivity index (χ1n) is 8.07. The highest BCUT2D eigenvalue weighted by atomic mass is 16.7. The largest absolute Gasteiger partial charge is 0.502 e. The maximum absolute atomic E-state index is 10.2. The number of phenolic OH excluding ortho intramolecular Hbond substituents is 1. The van der Waals surface area contributed by atoms with Crippen molar-refractivity contribution in [1.82, 2.24) is 0 Å². The van der Waals surface area contributed by atoms with Crippen LogP contribution in [-0.4, -0.2) is 33.2 Å². The molecule has 2 aromatic rings. The summed E-state index contributed by atoms with van der Waals surface area (Å²) < 4.78 is 27.3. The summed E-state index contributed by atoms with van der Waals surface area (Å²) >= 11 is 0. The summed E-state index contributed by atoms with van der Waals surface area (Å²) in [4.78, 5) is 0. The Balaban J connectivity index is 1.83. The second kappa shape index (κ2) is 6.04. The molecule has 2 aliphatic rings. The van der Waals surface area contributed by atoms with Crippen molar-refractivity contribution in [3.05, 3.63) is 41.0 Å². The molecule has 0 unspecified atom stereocenters. The molecule has 2 aromatic carbocycles. The Labute approximate surface area is 145 Å². The second-order valence-corrected chi connectivity index (χ2v) is 6.12. The fourth-order valence-electron chi connectivity index (χ4n) is 3.68. The molecule has 0 spiro atoms. The van der Waals surface area contributed by atoms with E-state index in [1.165, 1.54) is 14.2 Å². The van der Waals surface area contributed by atoms with Gasteiger partial charge in [0.1, 0.15) is 0 Å². The Hall–Kier alpha value is -2.60. The standard InChI is InChI=1S/C19H20O6/c1-21-14-6-11(10-4-17(22-2)19(20)18(5-10)23-3)12-7-15-16(8-13(12)14)25-9-24-15/h4-5,7-8,11,14,20H,6,9H2,1-3H3/t11-,14-/m1/s1. The number of ether oxygens (including phenoxy) is 5. The van der Waals surface area contributed by atoms with Gasteiger partial charge in [-0.2, -0.15) is 0 Å². The van der Waals surface area contributed by atoms with Crippen molar-refractivity contribution >= 4 is 0 Å². The van der Waals surface area contributed by atoms with Crippen molar-refractivity contribution in [3.63, 3.8) is 0 Å². The highest BCUT2D eigenvalue weighted by Crippen LogP contribution is 2.52. The van der Waals surface area contributed by atoms with E-state index in [1.807, 2.05) is 24.3 Å². The Morgan fingerprint density at radius 1 is 0.920 bits per heavy atom. The molecule has 0 aromatic heterocycles. The van der Waals surface area contributed by atoms with E-state index in [1.54, 1.807) is 7.11 Å². The minimum absolute atomic E-state index is 0.000878. The average molecular weight is 344 g/mol. The van der Waals surface area contributed by atoms with Gasteiger partial charge in [-0.25, -0.2) is 0 Å². The zero-order chi connectivity index (χ0) is 17.6. The summed E-state index contributed by atoms with van der Waals surface area (Å²) in [5.74, 6) is 2.36. The van der Waals surface area contributed by atoms with Gasteiger partial charge in [0.15, 0.2) is 23.0 Å². The summed E-state index contributed by atoms with van der Waals surface area (Å²) in [6, 6.07) is 7.71. The molecule has 0 radical (unpaired) electrons. The molecule has 25 heavy (non-hydrogen) atoms. The van der Waals surface area contributed by atoms with Crippen LogP contribution in [-0.2, 0) is 4.74 Å². The Morgan fingerprint density at radius 2 is 1.52 bits per heavy atom. The fraction of sp³-hybridized carbons (Fsp3) is 0.368. The Bertz CT molecular complexity index is 791. The molecule has 0 amide bonds. The minimum Gasteiger partial charge on any atom is -0.502 e. The molecule has 0 bridgehead atoms. The quantitative estimate of drug-likeness (QED) is 0.917. The molecule has 132 valence electrons. The van der Waals surface area contributed by atoms with E-state index >= 15 is 0 Å². The molecule has 0 fully saturated rings. The Morgan fingerprint density at radius 3 is 2.08 bits per heavy atom. The number of phenols is 1. The van der Waals surface area contributed by atoms with Gasteiger partial charge >= 0.3 is 0 Å². The molecule has 1 N–H and O–H groups in total. The monoisotopic (exact) mass is 344 g/mol. The minimum atomic E-state index is -0.0275. The molecule has 1 heterocycles. The summed E-state index contributed by atoms with van der Waals surface area (Å²) in [7, 11) is 4.76. The smallest absolute Gasteiger partial charge is 0.231 e. The molecular formula is C19H20O6. The zero-order valence-electron chi connectivity index (χ0n) is 14.4. The van der Waals surface area contributed by atoms with Crippen LogP contribution in [0.3, 0.4) is 0 Å². The molecule has 2 atom stereocenters. The van der Waals surface area contributed by atoms with Gasteiger partial charge < -0.3 is 28.8 Å². The van der Waals surface area contributed by atoms with Gasteiger partial charge in [-0.1, -0.05) is 0 Å². The van der Waals surface area contributed by atoms with E-state index in [2.05, 4.69) is 0 Å². The van der Waals surface area contributed by atoms with E-state index in [0.29, 0.717) is 11.5 Å². The summed E-state index contributed by atoms with van der Waals surface area (Å²) in [5.41, 5.74) is 3.22. The predicted octanol–water partition coefficient (Wildman–Crippen LogP) is 3.36. The lowest BCUT2D eigenvalue weighted by molar-refractivity contribution is 0.102. The van der Waals surface area contributed by atoms with E-state index in [-0.39, 0.29) is 24.6 Å². The van der Waals surface area contributed by atoms with Gasteiger partial charge in [-0.3, -0.25) is 0 Å². The second-order valence-electron chi connectivity index (χ2n) is 6.12. The number of fused-ring (bicyclic) bond motifs is 2. The molecule has 1 aliphatic carbocycles. The number of hydrogen-bond donors (Lipinski definition) is 1. The number of methoxy groups -OCH3 is 3. The van der Waals surface area contributed by atoms with Gasteiger partial charge in [0, 0.05) is 13.0 Å². The number of rotatable bonds is 4. The third-order valence-corrected chi connectivity index (χ3v) is 4.94. The Kier molecular flexibility index (Phi) is 3.84. The van der Waals surface area contributed by atoms with E-state index in [4.69, 9.17) is 23.7 Å². The molecule has 1 aliphatic heterocycles. The van der Waals surface area contributed by atoms with E-state index in [0.717, 1.165) is 34.6 Å². The lowest BCUT2D eigenvalue weighted by Crippen LogP contribution is -2.00. The van der Waals surface area contributed by atoms with Gasteiger partial charge in [0.25, 0.3) is 0 Å². The van der Waals surface area contributed by atoms with Crippen molar-refractivity contribution in [2.45, 2.75) is 18.4 Å². The van der Waals surface area contributed by atoms with Crippen LogP contribution in [0.4, 0.5) is 0 Å². The topological polar surface area (TPSA) is 66.4 Å². The number of aromatic hydroxyl groups is 1. The summed E-state index contributed by atoms with van der Waals surface area (Å²) in [6.45, 7) is 0.237. The predicted molar refractivity (Wildman–Crippen MR) is 90.0 cm³/mol. The molecule has 6 heteroatoms. The van der Waals surface area contributed by atoms with Crippen LogP contribution in [0.2, 0.25) is 0 Å².